The molecule has 3 N–H and O–H groups in total. The van der Waals surface area contributed by atoms with Crippen LogP contribution in [0.5, 0.6) is 5.75 Å². The van der Waals surface area contributed by atoms with Gasteiger partial charge in [0, 0.05) is 11.4 Å². The normalized spacial score (nSPS) is 10.3. The van der Waals surface area contributed by atoms with Gasteiger partial charge in [-0.25, -0.2) is 0 Å². The van der Waals surface area contributed by atoms with Crippen molar-refractivity contribution < 1.29 is 5.11 Å². The highest BCUT2D eigenvalue weighted by Gasteiger charge is 2.05. The van der Waals surface area contributed by atoms with E-state index in [2.05, 4.69) is 0 Å². The van der Waals surface area contributed by atoms with Crippen LogP contribution >= 0.6 is 11.8 Å². The summed E-state index contributed by atoms with van der Waals surface area (Å²) in [5.41, 5.74) is 6.76. The summed E-state index contributed by atoms with van der Waals surface area (Å²) >= 11 is 1.54. The molecule has 0 radical (unpaired) electrons. The number of nitrogens with two attached hydrogens (primary N) is 1. The fraction of sp³-hybridized carbons (Fsp3) is 0.0769. The Morgan fingerprint density at radius 1 is 0.938 bits per heavy atom. The molecule has 0 spiro atoms. The summed E-state index contributed by atoms with van der Waals surface area (Å²) in [6, 6.07) is 15.3. The zero-order chi connectivity index (χ0) is 11.4. The molecule has 82 valence electrons. The van der Waals surface area contributed by atoms with Crippen molar-refractivity contribution in [2.75, 3.05) is 0 Å². The molecule has 16 heavy (non-hydrogen) atoms. The second kappa shape index (κ2) is 5.05. The maximum atomic E-state index is 9.68. The molecule has 0 aromatic heterocycles. The molecule has 0 bridgehead atoms. The van der Waals surface area contributed by atoms with Crippen LogP contribution in [0, 0.1) is 0 Å². The lowest BCUT2D eigenvalue weighted by molar-refractivity contribution is 0.462. The van der Waals surface area contributed by atoms with Crippen LogP contribution in [0.4, 0.5) is 0 Å². The minimum atomic E-state index is 0.305. The molecule has 0 unspecified atom stereocenters. The lowest BCUT2D eigenvalue weighted by atomic mass is 10.2. The number of phenols is 1. The second-order valence-corrected chi connectivity index (χ2v) is 4.47. The summed E-state index contributed by atoms with van der Waals surface area (Å²) < 4.78 is 0. The van der Waals surface area contributed by atoms with E-state index in [1.54, 1.807) is 6.07 Å². The first-order chi connectivity index (χ1) is 7.81. The number of benzene rings is 2. The third kappa shape index (κ3) is 2.38. The summed E-state index contributed by atoms with van der Waals surface area (Å²) in [7, 11) is 0. The summed E-state index contributed by atoms with van der Waals surface area (Å²) in [5.74, 6) is 0.305. The summed E-state index contributed by atoms with van der Waals surface area (Å²) in [4.78, 5) is 1.94. The molecule has 2 aromatic carbocycles. The van der Waals surface area contributed by atoms with E-state index in [0.29, 0.717) is 12.3 Å². The van der Waals surface area contributed by atoms with Gasteiger partial charge in [-0.2, -0.15) is 0 Å². The molecule has 0 saturated carbocycles. The molecular formula is C13H13NOS. The Kier molecular flexibility index (Phi) is 3.49. The number of aromatic hydroxyl groups is 1. The third-order valence-electron chi connectivity index (χ3n) is 2.28. The summed E-state index contributed by atoms with van der Waals surface area (Å²) in [6.07, 6.45) is 0. The van der Waals surface area contributed by atoms with Crippen molar-refractivity contribution in [3.63, 3.8) is 0 Å². The average Bonchev–Trinajstić information content (AvgIpc) is 2.33. The zero-order valence-electron chi connectivity index (χ0n) is 8.76. The smallest absolute Gasteiger partial charge is 0.129 e. The molecule has 3 heteroatoms. The number of hydrogen-bond acceptors (Lipinski definition) is 3. The van der Waals surface area contributed by atoms with Crippen molar-refractivity contribution in [2.45, 2.75) is 16.3 Å². The minimum Gasteiger partial charge on any atom is -0.507 e. The van der Waals surface area contributed by atoms with E-state index in [9.17, 15) is 5.11 Å². The highest BCUT2D eigenvalue weighted by atomic mass is 32.2. The maximum Gasteiger partial charge on any atom is 0.129 e. The van der Waals surface area contributed by atoms with E-state index in [0.717, 1.165) is 15.4 Å². The van der Waals surface area contributed by atoms with Crippen molar-refractivity contribution in [3.05, 3.63) is 54.1 Å². The maximum absolute atomic E-state index is 9.68. The van der Waals surface area contributed by atoms with E-state index in [-0.39, 0.29) is 0 Å². The Bertz CT molecular complexity index is 485. The zero-order valence-corrected chi connectivity index (χ0v) is 9.58. The molecule has 0 aliphatic carbocycles. The summed E-state index contributed by atoms with van der Waals surface area (Å²) in [5, 5.41) is 9.68. The molecule has 0 amide bonds. The van der Waals surface area contributed by atoms with Gasteiger partial charge >= 0.3 is 0 Å². The molecule has 0 atom stereocenters. The lowest BCUT2D eigenvalue weighted by Gasteiger charge is -2.07. The van der Waals surface area contributed by atoms with Gasteiger partial charge in [0.05, 0.1) is 4.90 Å². The fourth-order valence-electron chi connectivity index (χ4n) is 1.43. The lowest BCUT2D eigenvalue weighted by Crippen LogP contribution is -1.97. The van der Waals surface area contributed by atoms with E-state index < -0.39 is 0 Å². The highest BCUT2D eigenvalue weighted by Crippen LogP contribution is 2.35. The van der Waals surface area contributed by atoms with Crippen LogP contribution in [0.3, 0.4) is 0 Å². The van der Waals surface area contributed by atoms with Crippen LogP contribution in [-0.4, -0.2) is 5.11 Å². The Morgan fingerprint density at radius 2 is 1.56 bits per heavy atom. The Labute approximate surface area is 99.1 Å². The largest absolute Gasteiger partial charge is 0.507 e. The van der Waals surface area contributed by atoms with Gasteiger partial charge in [-0.15, -0.1) is 0 Å². The van der Waals surface area contributed by atoms with Gasteiger partial charge in [-0.3, -0.25) is 0 Å². The second-order valence-electron chi connectivity index (χ2n) is 3.38. The van der Waals surface area contributed by atoms with Gasteiger partial charge in [-0.1, -0.05) is 42.1 Å². The van der Waals surface area contributed by atoms with Crippen LogP contribution < -0.4 is 5.73 Å². The van der Waals surface area contributed by atoms with Crippen LogP contribution in [-0.2, 0) is 6.54 Å². The van der Waals surface area contributed by atoms with E-state index >= 15 is 0 Å². The Morgan fingerprint density at radius 3 is 2.25 bits per heavy atom. The third-order valence-corrected chi connectivity index (χ3v) is 3.46. The monoisotopic (exact) mass is 231 g/mol. The van der Waals surface area contributed by atoms with E-state index in [4.69, 9.17) is 5.73 Å². The van der Waals surface area contributed by atoms with Crippen LogP contribution in [0.2, 0.25) is 0 Å². The highest BCUT2D eigenvalue weighted by molar-refractivity contribution is 7.99. The molecule has 2 rings (SSSR count). The molecule has 0 aliphatic rings. The van der Waals surface area contributed by atoms with Gasteiger partial charge in [0.25, 0.3) is 0 Å². The molecule has 2 nitrogen and oxygen atoms in total. The van der Waals surface area contributed by atoms with Crippen molar-refractivity contribution in [1.29, 1.82) is 0 Å². The molecule has 0 heterocycles. The van der Waals surface area contributed by atoms with Gasteiger partial charge in [0.2, 0.25) is 0 Å². The predicted octanol–water partition coefficient (Wildman–Crippen LogP) is 3.00. The first-order valence-electron chi connectivity index (χ1n) is 5.05. The quantitative estimate of drug-likeness (QED) is 0.853. The Hall–Kier alpha value is -1.45. The van der Waals surface area contributed by atoms with Crippen molar-refractivity contribution >= 4 is 11.8 Å². The van der Waals surface area contributed by atoms with E-state index in [1.165, 1.54) is 11.8 Å². The van der Waals surface area contributed by atoms with Gasteiger partial charge in [0.1, 0.15) is 5.75 Å². The number of rotatable bonds is 3. The van der Waals surface area contributed by atoms with Gasteiger partial charge in [0.15, 0.2) is 0 Å². The van der Waals surface area contributed by atoms with Crippen molar-refractivity contribution in [1.82, 2.24) is 0 Å². The Balaban J connectivity index is 2.30. The number of phenolic OH excluding ortho intramolecular Hbond substituents is 1. The minimum absolute atomic E-state index is 0.305. The predicted molar refractivity (Wildman–Crippen MR) is 66.6 cm³/mol. The molecule has 0 fully saturated rings. The first kappa shape index (κ1) is 11.0. The van der Waals surface area contributed by atoms with Crippen molar-refractivity contribution in [3.8, 4) is 5.75 Å². The molecule has 2 aromatic rings. The molecule has 0 aliphatic heterocycles. The standard InChI is InChI=1S/C13H13NOS/c14-9-10-5-1-3-7-12(10)16-13-8-4-2-6-11(13)15/h1-8,15H,9,14H2. The van der Waals surface area contributed by atoms with Crippen LogP contribution in [0.15, 0.2) is 58.3 Å². The fourth-order valence-corrected chi connectivity index (χ4v) is 2.42. The SMILES string of the molecule is NCc1ccccc1Sc1ccccc1O. The first-order valence-corrected chi connectivity index (χ1v) is 5.86. The number of para-hydroxylation sites is 1. The van der Waals surface area contributed by atoms with Gasteiger partial charge in [-0.05, 0) is 23.8 Å². The molecular weight excluding hydrogens is 218 g/mol. The van der Waals surface area contributed by atoms with E-state index in [1.807, 2.05) is 42.5 Å². The molecule has 0 saturated heterocycles. The van der Waals surface area contributed by atoms with Gasteiger partial charge < -0.3 is 10.8 Å². The van der Waals surface area contributed by atoms with Crippen LogP contribution in [0.25, 0.3) is 0 Å². The summed E-state index contributed by atoms with van der Waals surface area (Å²) in [6.45, 7) is 0.511. The topological polar surface area (TPSA) is 46.2 Å². The average molecular weight is 231 g/mol. The number of hydrogen-bond donors (Lipinski definition) is 2. The van der Waals surface area contributed by atoms with Crippen molar-refractivity contribution in [2.24, 2.45) is 5.73 Å². The van der Waals surface area contributed by atoms with Crippen LogP contribution in [0.1, 0.15) is 5.56 Å².